The first-order chi connectivity index (χ1) is 11.4. The molecule has 0 fully saturated rings. The van der Waals surface area contributed by atoms with Crippen molar-refractivity contribution in [2.45, 2.75) is 46.8 Å². The molecule has 1 amide bonds. The molecule has 2 aromatic rings. The van der Waals surface area contributed by atoms with Gasteiger partial charge in [0.25, 0.3) is 5.91 Å². The Morgan fingerprint density at radius 3 is 2.25 bits per heavy atom. The first-order valence-corrected chi connectivity index (χ1v) is 8.17. The first kappa shape index (κ1) is 17.9. The number of hydrogen-bond acceptors (Lipinski definition) is 3. The fraction of sp³-hybridized carbons (Fsp3) is 0.350. The predicted molar refractivity (Wildman–Crippen MR) is 96.8 cm³/mol. The standard InChI is InChI=1S/C20H25NO3/c1-13(2)23-18-11-9-17(10-12-18)21-20(22)16(5)24-19-8-6-7-14(3)15(19)4/h6-13,16H,1-5H3,(H,21,22)/t16-/m0/s1. The van der Waals surface area contributed by atoms with Crippen LogP contribution in [-0.4, -0.2) is 18.1 Å². The summed E-state index contributed by atoms with van der Waals surface area (Å²) >= 11 is 0. The number of carbonyl (C=O) groups is 1. The lowest BCUT2D eigenvalue weighted by atomic mass is 10.1. The summed E-state index contributed by atoms with van der Waals surface area (Å²) < 4.78 is 11.4. The number of amides is 1. The number of anilines is 1. The Hall–Kier alpha value is -2.49. The van der Waals surface area contributed by atoms with E-state index in [2.05, 4.69) is 5.32 Å². The molecule has 0 radical (unpaired) electrons. The highest BCUT2D eigenvalue weighted by atomic mass is 16.5. The van der Waals surface area contributed by atoms with Crippen LogP contribution < -0.4 is 14.8 Å². The maximum atomic E-state index is 12.3. The van der Waals surface area contributed by atoms with Gasteiger partial charge in [0, 0.05) is 5.69 Å². The number of aryl methyl sites for hydroxylation is 1. The van der Waals surface area contributed by atoms with E-state index in [1.807, 2.05) is 70.2 Å². The fourth-order valence-corrected chi connectivity index (χ4v) is 2.23. The highest BCUT2D eigenvalue weighted by Gasteiger charge is 2.16. The van der Waals surface area contributed by atoms with Crippen molar-refractivity contribution in [1.82, 2.24) is 0 Å². The summed E-state index contributed by atoms with van der Waals surface area (Å²) in [5, 5.41) is 2.86. The van der Waals surface area contributed by atoms with Crippen molar-refractivity contribution < 1.29 is 14.3 Å². The molecule has 2 rings (SSSR count). The summed E-state index contributed by atoms with van der Waals surface area (Å²) in [6.07, 6.45) is -0.464. The monoisotopic (exact) mass is 327 g/mol. The molecule has 0 bridgehead atoms. The number of rotatable bonds is 6. The molecule has 2 aromatic carbocycles. The smallest absolute Gasteiger partial charge is 0.265 e. The van der Waals surface area contributed by atoms with Gasteiger partial charge >= 0.3 is 0 Å². The zero-order valence-electron chi connectivity index (χ0n) is 14.9. The third kappa shape index (κ3) is 4.75. The van der Waals surface area contributed by atoms with Crippen LogP contribution in [-0.2, 0) is 4.79 Å². The summed E-state index contributed by atoms with van der Waals surface area (Å²) in [7, 11) is 0. The van der Waals surface area contributed by atoms with Crippen LogP contribution in [0.2, 0.25) is 0 Å². The highest BCUT2D eigenvalue weighted by Crippen LogP contribution is 2.22. The van der Waals surface area contributed by atoms with Crippen LogP contribution in [0.4, 0.5) is 5.69 Å². The lowest BCUT2D eigenvalue weighted by Gasteiger charge is -2.17. The summed E-state index contributed by atoms with van der Waals surface area (Å²) in [5.74, 6) is 1.33. The van der Waals surface area contributed by atoms with Gasteiger partial charge in [0.15, 0.2) is 6.10 Å². The number of nitrogens with one attached hydrogen (secondary N) is 1. The number of hydrogen-bond donors (Lipinski definition) is 1. The van der Waals surface area contributed by atoms with Crippen molar-refractivity contribution in [3.05, 3.63) is 53.6 Å². The molecule has 4 heteroatoms. The minimum absolute atomic E-state index is 0.122. The quantitative estimate of drug-likeness (QED) is 0.850. The van der Waals surface area contributed by atoms with E-state index in [-0.39, 0.29) is 12.0 Å². The first-order valence-electron chi connectivity index (χ1n) is 8.17. The minimum Gasteiger partial charge on any atom is -0.491 e. The van der Waals surface area contributed by atoms with Gasteiger partial charge in [-0.1, -0.05) is 12.1 Å². The molecule has 0 saturated carbocycles. The topological polar surface area (TPSA) is 47.6 Å². The lowest BCUT2D eigenvalue weighted by Crippen LogP contribution is -2.30. The second kappa shape index (κ2) is 7.86. The zero-order valence-corrected chi connectivity index (χ0v) is 14.9. The van der Waals surface area contributed by atoms with Crippen LogP contribution in [0.3, 0.4) is 0 Å². The molecule has 0 spiro atoms. The Labute approximate surface area is 143 Å². The summed E-state index contributed by atoms with van der Waals surface area (Å²) in [4.78, 5) is 12.3. The van der Waals surface area contributed by atoms with E-state index in [1.54, 1.807) is 6.92 Å². The van der Waals surface area contributed by atoms with Gasteiger partial charge in [-0.05, 0) is 76.1 Å². The molecule has 128 valence electrons. The molecule has 0 saturated heterocycles. The molecule has 0 aromatic heterocycles. The van der Waals surface area contributed by atoms with Crippen LogP contribution in [0.5, 0.6) is 11.5 Å². The number of benzene rings is 2. The van der Waals surface area contributed by atoms with E-state index in [1.165, 1.54) is 0 Å². The van der Waals surface area contributed by atoms with Crippen molar-refractivity contribution in [3.8, 4) is 11.5 Å². The van der Waals surface area contributed by atoms with Crippen molar-refractivity contribution in [3.63, 3.8) is 0 Å². The molecule has 0 unspecified atom stereocenters. The van der Waals surface area contributed by atoms with Gasteiger partial charge in [0.2, 0.25) is 0 Å². The van der Waals surface area contributed by atoms with E-state index in [9.17, 15) is 4.79 Å². The number of carbonyl (C=O) groups excluding carboxylic acids is 1. The Kier molecular flexibility index (Phi) is 5.85. The van der Waals surface area contributed by atoms with Gasteiger partial charge in [-0.2, -0.15) is 0 Å². The molecular weight excluding hydrogens is 302 g/mol. The summed E-state index contributed by atoms with van der Waals surface area (Å²) in [6.45, 7) is 9.70. The van der Waals surface area contributed by atoms with E-state index in [0.717, 1.165) is 22.6 Å². The molecule has 0 aliphatic rings. The normalized spacial score (nSPS) is 11.9. The third-order valence-electron chi connectivity index (χ3n) is 3.72. The predicted octanol–water partition coefficient (Wildman–Crippen LogP) is 4.50. The maximum Gasteiger partial charge on any atom is 0.265 e. The lowest BCUT2D eigenvalue weighted by molar-refractivity contribution is -0.122. The van der Waals surface area contributed by atoms with Gasteiger partial charge in [-0.3, -0.25) is 4.79 Å². The van der Waals surface area contributed by atoms with Crippen molar-refractivity contribution >= 4 is 11.6 Å². The zero-order chi connectivity index (χ0) is 17.7. The largest absolute Gasteiger partial charge is 0.491 e. The van der Waals surface area contributed by atoms with Gasteiger partial charge in [0.05, 0.1) is 6.10 Å². The van der Waals surface area contributed by atoms with E-state index in [4.69, 9.17) is 9.47 Å². The minimum atomic E-state index is -0.586. The highest BCUT2D eigenvalue weighted by molar-refractivity contribution is 5.94. The van der Waals surface area contributed by atoms with Gasteiger partial charge in [0.1, 0.15) is 11.5 Å². The van der Waals surface area contributed by atoms with E-state index >= 15 is 0 Å². The molecule has 24 heavy (non-hydrogen) atoms. The van der Waals surface area contributed by atoms with Crippen LogP contribution in [0.25, 0.3) is 0 Å². The molecule has 4 nitrogen and oxygen atoms in total. The van der Waals surface area contributed by atoms with Crippen LogP contribution in [0.15, 0.2) is 42.5 Å². The summed E-state index contributed by atoms with van der Waals surface area (Å²) in [6, 6.07) is 13.1. The molecule has 0 aliphatic carbocycles. The van der Waals surface area contributed by atoms with Crippen molar-refractivity contribution in [2.75, 3.05) is 5.32 Å². The molecule has 0 heterocycles. The second-order valence-corrected chi connectivity index (χ2v) is 6.14. The van der Waals surface area contributed by atoms with Crippen LogP contribution >= 0.6 is 0 Å². The van der Waals surface area contributed by atoms with Gasteiger partial charge in [-0.25, -0.2) is 0 Å². The molecule has 0 aliphatic heterocycles. The Bertz CT molecular complexity index is 693. The molecule has 1 N–H and O–H groups in total. The van der Waals surface area contributed by atoms with Crippen molar-refractivity contribution in [2.24, 2.45) is 0 Å². The average molecular weight is 327 g/mol. The second-order valence-electron chi connectivity index (χ2n) is 6.14. The molecular formula is C20H25NO3. The van der Waals surface area contributed by atoms with Crippen molar-refractivity contribution in [1.29, 1.82) is 0 Å². The Balaban J connectivity index is 1.97. The summed E-state index contributed by atoms with van der Waals surface area (Å²) in [5.41, 5.74) is 2.90. The third-order valence-corrected chi connectivity index (χ3v) is 3.72. The van der Waals surface area contributed by atoms with Gasteiger partial charge in [-0.15, -0.1) is 0 Å². The fourth-order valence-electron chi connectivity index (χ4n) is 2.23. The van der Waals surface area contributed by atoms with E-state index < -0.39 is 6.10 Å². The Morgan fingerprint density at radius 1 is 0.958 bits per heavy atom. The van der Waals surface area contributed by atoms with E-state index in [0.29, 0.717) is 5.69 Å². The van der Waals surface area contributed by atoms with Crippen LogP contribution in [0.1, 0.15) is 31.9 Å². The van der Waals surface area contributed by atoms with Gasteiger partial charge < -0.3 is 14.8 Å². The average Bonchev–Trinajstić information content (AvgIpc) is 2.53. The van der Waals surface area contributed by atoms with Crippen LogP contribution in [0, 0.1) is 13.8 Å². The SMILES string of the molecule is Cc1cccc(O[C@@H](C)C(=O)Nc2ccc(OC(C)C)cc2)c1C. The number of ether oxygens (including phenoxy) is 2. The molecule has 1 atom stereocenters. The maximum absolute atomic E-state index is 12.3. The Morgan fingerprint density at radius 2 is 1.62 bits per heavy atom.